The van der Waals surface area contributed by atoms with Crippen LogP contribution < -0.4 is 10.2 Å². The molecule has 1 saturated heterocycles. The van der Waals surface area contributed by atoms with Crippen molar-refractivity contribution >= 4 is 39.8 Å². The molecule has 2 heterocycles. The summed E-state index contributed by atoms with van der Waals surface area (Å²) in [6, 6.07) is 6.74. The maximum atomic E-state index is 13.9. The predicted molar refractivity (Wildman–Crippen MR) is 105 cm³/mol. The molecular formula is C17H20FN5OS2. The Morgan fingerprint density at radius 3 is 2.81 bits per heavy atom. The van der Waals surface area contributed by atoms with Crippen molar-refractivity contribution in [2.45, 2.75) is 4.34 Å². The van der Waals surface area contributed by atoms with Gasteiger partial charge in [-0.3, -0.25) is 4.79 Å². The minimum absolute atomic E-state index is 0.0685. The number of para-hydroxylation sites is 1. The summed E-state index contributed by atoms with van der Waals surface area (Å²) < 4.78 is 14.6. The minimum Gasteiger partial charge on any atom is -0.366 e. The first kappa shape index (κ1) is 18.7. The van der Waals surface area contributed by atoms with Gasteiger partial charge in [0.2, 0.25) is 11.0 Å². The number of benzene rings is 1. The molecule has 1 aromatic heterocycles. The van der Waals surface area contributed by atoms with Gasteiger partial charge in [0.25, 0.3) is 0 Å². The van der Waals surface area contributed by atoms with Crippen molar-refractivity contribution < 1.29 is 9.18 Å². The number of rotatable bonds is 7. The summed E-state index contributed by atoms with van der Waals surface area (Å²) in [7, 11) is 0. The summed E-state index contributed by atoms with van der Waals surface area (Å²) in [5.74, 6) is 0.175. The van der Waals surface area contributed by atoms with Crippen LogP contribution in [0.1, 0.15) is 0 Å². The zero-order chi connectivity index (χ0) is 18.4. The largest absolute Gasteiger partial charge is 0.366 e. The second kappa shape index (κ2) is 9.00. The average molecular weight is 394 g/mol. The van der Waals surface area contributed by atoms with Gasteiger partial charge in [-0.15, -0.1) is 16.8 Å². The number of hydrogen-bond acceptors (Lipinski definition) is 7. The molecular weight excluding hydrogens is 373 g/mol. The lowest BCUT2D eigenvalue weighted by molar-refractivity contribution is -0.128. The van der Waals surface area contributed by atoms with Gasteiger partial charge >= 0.3 is 0 Å². The van der Waals surface area contributed by atoms with Crippen LogP contribution in [0.25, 0.3) is 0 Å². The second-order valence-electron chi connectivity index (χ2n) is 5.65. The van der Waals surface area contributed by atoms with Gasteiger partial charge in [-0.1, -0.05) is 41.3 Å². The molecule has 26 heavy (non-hydrogen) atoms. The fourth-order valence-electron chi connectivity index (χ4n) is 2.62. The van der Waals surface area contributed by atoms with Crippen LogP contribution in [0.5, 0.6) is 0 Å². The van der Waals surface area contributed by atoms with E-state index >= 15 is 0 Å². The van der Waals surface area contributed by atoms with Crippen molar-refractivity contribution in [3.05, 3.63) is 42.7 Å². The van der Waals surface area contributed by atoms with Gasteiger partial charge in [-0.05, 0) is 12.1 Å². The number of carbonyl (C=O) groups is 1. The van der Waals surface area contributed by atoms with E-state index in [9.17, 15) is 9.18 Å². The number of hydrogen-bond donors (Lipinski definition) is 1. The molecule has 138 valence electrons. The highest BCUT2D eigenvalue weighted by Gasteiger charge is 2.23. The summed E-state index contributed by atoms with van der Waals surface area (Å²) in [6.45, 7) is 6.71. The van der Waals surface area contributed by atoms with E-state index in [0.29, 0.717) is 44.2 Å². The van der Waals surface area contributed by atoms with Crippen LogP contribution in [0, 0.1) is 5.82 Å². The maximum absolute atomic E-state index is 13.9. The topological polar surface area (TPSA) is 61.4 Å². The predicted octanol–water partition coefficient (Wildman–Crippen LogP) is 2.72. The van der Waals surface area contributed by atoms with Crippen molar-refractivity contribution in [3.8, 4) is 0 Å². The Balaban J connectivity index is 1.46. The van der Waals surface area contributed by atoms with Crippen molar-refractivity contribution in [1.82, 2.24) is 15.1 Å². The zero-order valence-corrected chi connectivity index (χ0v) is 15.9. The Kier molecular flexibility index (Phi) is 6.45. The maximum Gasteiger partial charge on any atom is 0.233 e. The van der Waals surface area contributed by atoms with Crippen LogP contribution in [0.4, 0.5) is 15.2 Å². The van der Waals surface area contributed by atoms with Gasteiger partial charge in [0.1, 0.15) is 5.82 Å². The molecule has 1 aromatic carbocycles. The molecule has 0 atom stereocenters. The van der Waals surface area contributed by atoms with Crippen molar-refractivity contribution in [1.29, 1.82) is 0 Å². The number of nitrogens with zero attached hydrogens (tertiary/aromatic N) is 4. The third kappa shape index (κ3) is 4.73. The van der Waals surface area contributed by atoms with Crippen molar-refractivity contribution in [3.63, 3.8) is 0 Å². The second-order valence-corrected chi connectivity index (χ2v) is 7.85. The standard InChI is InChI=1S/C17H20FN5OS2/c1-2-7-19-16-20-21-17(26-16)25-12-15(24)23-10-8-22(9-11-23)14-6-4-3-5-13(14)18/h2-6H,1,7-12H2,(H,19,20). The van der Waals surface area contributed by atoms with Crippen LogP contribution in [0.3, 0.4) is 0 Å². The Morgan fingerprint density at radius 2 is 2.08 bits per heavy atom. The summed E-state index contributed by atoms with van der Waals surface area (Å²) in [5, 5.41) is 11.9. The summed E-state index contributed by atoms with van der Waals surface area (Å²) >= 11 is 2.81. The van der Waals surface area contributed by atoms with E-state index in [1.54, 1.807) is 18.2 Å². The van der Waals surface area contributed by atoms with E-state index in [1.807, 2.05) is 15.9 Å². The third-order valence-corrected chi connectivity index (χ3v) is 5.95. The van der Waals surface area contributed by atoms with Gasteiger partial charge < -0.3 is 15.1 Å². The van der Waals surface area contributed by atoms with E-state index in [2.05, 4.69) is 22.1 Å². The Labute approximate surface area is 160 Å². The summed E-state index contributed by atoms with van der Waals surface area (Å²) in [4.78, 5) is 16.2. The third-order valence-electron chi connectivity index (χ3n) is 3.95. The van der Waals surface area contributed by atoms with E-state index in [0.717, 1.165) is 9.47 Å². The molecule has 1 fully saturated rings. The van der Waals surface area contributed by atoms with E-state index in [1.165, 1.54) is 29.2 Å². The van der Waals surface area contributed by atoms with Crippen LogP contribution in [0.15, 0.2) is 41.3 Å². The lowest BCUT2D eigenvalue weighted by atomic mass is 10.2. The number of amides is 1. The summed E-state index contributed by atoms with van der Waals surface area (Å²) in [5.41, 5.74) is 0.599. The Morgan fingerprint density at radius 1 is 1.31 bits per heavy atom. The fourth-order valence-corrected chi connectivity index (χ4v) is 4.28. The first-order chi connectivity index (χ1) is 12.7. The number of nitrogens with one attached hydrogen (secondary N) is 1. The molecule has 9 heteroatoms. The van der Waals surface area contributed by atoms with Gasteiger partial charge in [0, 0.05) is 32.7 Å². The van der Waals surface area contributed by atoms with Crippen LogP contribution in [-0.2, 0) is 4.79 Å². The molecule has 0 bridgehead atoms. The summed E-state index contributed by atoms with van der Waals surface area (Å²) in [6.07, 6.45) is 1.75. The molecule has 0 saturated carbocycles. The molecule has 1 N–H and O–H groups in total. The zero-order valence-electron chi connectivity index (χ0n) is 14.2. The Hall–Kier alpha value is -2.13. The first-order valence-electron chi connectivity index (χ1n) is 8.25. The molecule has 0 spiro atoms. The van der Waals surface area contributed by atoms with E-state index < -0.39 is 0 Å². The molecule has 1 aliphatic heterocycles. The number of thioether (sulfide) groups is 1. The van der Waals surface area contributed by atoms with Crippen LogP contribution in [0.2, 0.25) is 0 Å². The first-order valence-corrected chi connectivity index (χ1v) is 10.1. The molecule has 0 unspecified atom stereocenters. The molecule has 3 rings (SSSR count). The molecule has 1 amide bonds. The van der Waals surface area contributed by atoms with Gasteiger partial charge in [0.05, 0.1) is 11.4 Å². The number of anilines is 2. The number of piperazine rings is 1. The monoisotopic (exact) mass is 393 g/mol. The normalized spacial score (nSPS) is 14.3. The van der Waals surface area contributed by atoms with Crippen LogP contribution in [-0.4, -0.2) is 59.5 Å². The minimum atomic E-state index is -0.222. The highest BCUT2D eigenvalue weighted by atomic mass is 32.2. The smallest absolute Gasteiger partial charge is 0.233 e. The highest BCUT2D eigenvalue weighted by Crippen LogP contribution is 2.26. The quantitative estimate of drug-likeness (QED) is 0.577. The highest BCUT2D eigenvalue weighted by molar-refractivity contribution is 8.01. The number of carbonyl (C=O) groups excluding carboxylic acids is 1. The lowest BCUT2D eigenvalue weighted by Crippen LogP contribution is -2.49. The molecule has 6 nitrogen and oxygen atoms in total. The number of aromatic nitrogens is 2. The lowest BCUT2D eigenvalue weighted by Gasteiger charge is -2.36. The van der Waals surface area contributed by atoms with Crippen LogP contribution >= 0.6 is 23.1 Å². The average Bonchev–Trinajstić information content (AvgIpc) is 3.13. The fraction of sp³-hybridized carbons (Fsp3) is 0.353. The molecule has 1 aliphatic rings. The van der Waals surface area contributed by atoms with Crippen molar-refractivity contribution in [2.75, 3.05) is 48.7 Å². The van der Waals surface area contributed by atoms with Crippen molar-refractivity contribution in [2.24, 2.45) is 0 Å². The number of halogens is 1. The molecule has 0 aliphatic carbocycles. The van der Waals surface area contributed by atoms with E-state index in [-0.39, 0.29) is 11.7 Å². The van der Waals surface area contributed by atoms with Gasteiger partial charge in [-0.2, -0.15) is 0 Å². The van der Waals surface area contributed by atoms with E-state index in [4.69, 9.17) is 0 Å². The van der Waals surface area contributed by atoms with Gasteiger partial charge in [-0.25, -0.2) is 4.39 Å². The molecule has 2 aromatic rings. The molecule has 0 radical (unpaired) electrons. The Bertz CT molecular complexity index is 761. The SMILES string of the molecule is C=CCNc1nnc(SCC(=O)N2CCN(c3ccccc3F)CC2)s1. The van der Waals surface area contributed by atoms with Gasteiger partial charge in [0.15, 0.2) is 4.34 Å².